The van der Waals surface area contributed by atoms with Gasteiger partial charge >= 0.3 is 0 Å². The molecule has 2 N–H and O–H groups in total. The lowest BCUT2D eigenvalue weighted by atomic mass is 10.0. The van der Waals surface area contributed by atoms with E-state index in [9.17, 15) is 13.2 Å². The Labute approximate surface area is 76.5 Å². The maximum absolute atomic E-state index is 10.7. The maximum atomic E-state index is 10.7. The number of sulfonamides is 1. The van der Waals surface area contributed by atoms with Gasteiger partial charge in [0.25, 0.3) is 0 Å². The normalized spacial score (nSPS) is 16.7. The maximum Gasteiger partial charge on any atom is 0.212 e. The van der Waals surface area contributed by atoms with E-state index in [2.05, 4.69) is 0 Å². The summed E-state index contributed by atoms with van der Waals surface area (Å²) in [5, 5.41) is 4.85. The molecule has 13 heavy (non-hydrogen) atoms. The van der Waals surface area contributed by atoms with E-state index < -0.39 is 10.0 Å². The highest BCUT2D eigenvalue weighted by atomic mass is 32.2. The lowest BCUT2D eigenvalue weighted by Crippen LogP contribution is -2.18. The molecule has 0 heterocycles. The average molecular weight is 199 g/mol. The molecule has 0 amide bonds. The van der Waals surface area contributed by atoms with Crippen LogP contribution in [0.3, 0.4) is 0 Å². The summed E-state index contributed by atoms with van der Waals surface area (Å²) in [7, 11) is -3.50. The van der Waals surface area contributed by atoms with Gasteiger partial charge in [0, 0.05) is 12.0 Å². The van der Waals surface area contributed by atoms with E-state index in [0.717, 1.165) is 0 Å². The molecule has 1 aliphatic rings. The van der Waals surface area contributed by atoms with E-state index >= 15 is 0 Å². The fraction of sp³-hybridized carbons (Fsp3) is 0.250. The van der Waals surface area contributed by atoms with Crippen molar-refractivity contribution >= 4 is 16.0 Å². The lowest BCUT2D eigenvalue weighted by Gasteiger charge is -2.07. The number of hydrogen-bond acceptors (Lipinski definition) is 3. The van der Waals surface area contributed by atoms with E-state index in [1.165, 1.54) is 0 Å². The molecule has 0 radical (unpaired) electrons. The minimum absolute atomic E-state index is 0.206. The summed E-state index contributed by atoms with van der Waals surface area (Å²) in [5.74, 6) is 1.52. The molecule has 70 valence electrons. The van der Waals surface area contributed by atoms with Crippen molar-refractivity contribution in [2.24, 2.45) is 5.14 Å². The first-order chi connectivity index (χ1) is 6.01. The fourth-order valence-electron chi connectivity index (χ4n) is 1.09. The average Bonchev–Trinajstić information content (AvgIpc) is 2.01. The van der Waals surface area contributed by atoms with E-state index in [1.807, 2.05) is 0 Å². The Morgan fingerprint density at radius 2 is 2.23 bits per heavy atom. The third-order valence-corrected chi connectivity index (χ3v) is 2.34. The highest BCUT2D eigenvalue weighted by Gasteiger charge is 2.11. The fourth-order valence-corrected chi connectivity index (χ4v) is 1.81. The molecule has 0 fully saturated rings. The number of rotatable bonds is 2. The number of primary sulfonamides is 1. The summed E-state index contributed by atoms with van der Waals surface area (Å²) in [4.78, 5) is 10.2. The summed E-state index contributed by atoms with van der Waals surface area (Å²) in [6.45, 7) is 0. The third kappa shape index (κ3) is 3.38. The summed E-state index contributed by atoms with van der Waals surface area (Å²) in [5.41, 5.74) is 1.06. The summed E-state index contributed by atoms with van der Waals surface area (Å²) in [6.07, 6.45) is 5.17. The van der Waals surface area contributed by atoms with Gasteiger partial charge in [-0.15, -0.1) is 0 Å². The van der Waals surface area contributed by atoms with Crippen LogP contribution in [0.4, 0.5) is 0 Å². The van der Waals surface area contributed by atoms with E-state index in [-0.39, 0.29) is 5.75 Å². The number of allylic oxidation sites excluding steroid dienone is 4. The SMILES string of the molecule is NS(=O)(=O)CC1=CC=CC(=C=O)C1. The van der Waals surface area contributed by atoms with Crippen LogP contribution in [0.2, 0.25) is 0 Å². The molecule has 0 atom stereocenters. The Morgan fingerprint density at radius 1 is 1.54 bits per heavy atom. The van der Waals surface area contributed by atoms with Crippen LogP contribution < -0.4 is 5.14 Å². The summed E-state index contributed by atoms with van der Waals surface area (Å²) < 4.78 is 21.4. The van der Waals surface area contributed by atoms with Crippen LogP contribution >= 0.6 is 0 Å². The Kier molecular flexibility index (Phi) is 2.83. The van der Waals surface area contributed by atoms with Crippen LogP contribution in [0.15, 0.2) is 29.4 Å². The lowest BCUT2D eigenvalue weighted by molar-refractivity contribution is 0.567. The predicted molar refractivity (Wildman–Crippen MR) is 49.0 cm³/mol. The second-order valence-electron chi connectivity index (χ2n) is 2.80. The summed E-state index contributed by atoms with van der Waals surface area (Å²) in [6, 6.07) is 0. The minimum atomic E-state index is -3.50. The first-order valence-electron chi connectivity index (χ1n) is 3.62. The van der Waals surface area contributed by atoms with Gasteiger partial charge in [0.2, 0.25) is 10.0 Å². The molecular formula is C8H9NO3S. The van der Waals surface area contributed by atoms with Crippen LogP contribution in [-0.4, -0.2) is 20.1 Å². The van der Waals surface area contributed by atoms with Crippen LogP contribution in [0.1, 0.15) is 6.42 Å². The van der Waals surface area contributed by atoms with Gasteiger partial charge in [-0.3, -0.25) is 0 Å². The molecule has 0 aromatic heterocycles. The van der Waals surface area contributed by atoms with Crippen LogP contribution in [0, 0.1) is 0 Å². The van der Waals surface area contributed by atoms with Crippen molar-refractivity contribution in [3.63, 3.8) is 0 Å². The molecule has 0 spiro atoms. The number of nitrogens with two attached hydrogens (primary N) is 1. The smallest absolute Gasteiger partial charge is 0.212 e. The van der Waals surface area contributed by atoms with Gasteiger partial charge in [0.05, 0.1) is 5.75 Å². The monoisotopic (exact) mass is 199 g/mol. The molecule has 0 saturated carbocycles. The molecule has 4 nitrogen and oxygen atoms in total. The van der Waals surface area contributed by atoms with Crippen LogP contribution in [-0.2, 0) is 14.8 Å². The molecule has 5 heteroatoms. The standard InChI is InChI=1S/C8H9NO3S/c9-13(11,12)6-8-3-1-2-7(4-8)5-10/h1-3H,4,6H2,(H2,9,11,12). The van der Waals surface area contributed by atoms with Gasteiger partial charge in [-0.2, -0.15) is 0 Å². The van der Waals surface area contributed by atoms with Gasteiger partial charge in [-0.1, -0.05) is 12.2 Å². The Balaban J connectivity index is 2.80. The van der Waals surface area contributed by atoms with Crippen molar-refractivity contribution in [2.45, 2.75) is 6.42 Å². The largest absolute Gasteiger partial charge is 0.233 e. The van der Waals surface area contributed by atoms with Gasteiger partial charge in [0.1, 0.15) is 5.94 Å². The highest BCUT2D eigenvalue weighted by molar-refractivity contribution is 7.89. The van der Waals surface area contributed by atoms with Crippen molar-refractivity contribution in [3.05, 3.63) is 29.4 Å². The van der Waals surface area contributed by atoms with Crippen LogP contribution in [0.5, 0.6) is 0 Å². The molecule has 1 aliphatic carbocycles. The van der Waals surface area contributed by atoms with Gasteiger partial charge in [-0.05, 0) is 11.6 Å². The summed E-state index contributed by atoms with van der Waals surface area (Å²) >= 11 is 0. The third-order valence-electron chi connectivity index (χ3n) is 1.56. The number of hydrogen-bond donors (Lipinski definition) is 1. The Morgan fingerprint density at radius 3 is 2.77 bits per heavy atom. The Bertz CT molecular complexity index is 411. The highest BCUT2D eigenvalue weighted by Crippen LogP contribution is 2.16. The van der Waals surface area contributed by atoms with Gasteiger partial charge in [0.15, 0.2) is 0 Å². The van der Waals surface area contributed by atoms with Crippen molar-refractivity contribution in [3.8, 4) is 0 Å². The molecule has 0 aromatic rings. The molecule has 1 rings (SSSR count). The van der Waals surface area contributed by atoms with Crippen molar-refractivity contribution in [2.75, 3.05) is 5.75 Å². The van der Waals surface area contributed by atoms with E-state index in [0.29, 0.717) is 17.6 Å². The predicted octanol–water partition coefficient (Wildman–Crippen LogP) is -0.0808. The quantitative estimate of drug-likeness (QED) is 0.632. The van der Waals surface area contributed by atoms with E-state index in [1.54, 1.807) is 24.2 Å². The number of carbonyl (C=O) groups excluding carboxylic acids is 1. The van der Waals surface area contributed by atoms with Crippen LogP contribution in [0.25, 0.3) is 0 Å². The molecule has 0 unspecified atom stereocenters. The zero-order valence-corrected chi connectivity index (χ0v) is 7.67. The van der Waals surface area contributed by atoms with Gasteiger partial charge < -0.3 is 0 Å². The molecule has 0 bridgehead atoms. The van der Waals surface area contributed by atoms with Crippen molar-refractivity contribution in [1.82, 2.24) is 0 Å². The zero-order valence-electron chi connectivity index (χ0n) is 6.86. The van der Waals surface area contributed by atoms with E-state index in [4.69, 9.17) is 5.14 Å². The molecular weight excluding hydrogens is 190 g/mol. The molecule has 0 aliphatic heterocycles. The zero-order chi connectivity index (χ0) is 9.90. The molecule has 0 saturated heterocycles. The first kappa shape index (κ1) is 9.92. The first-order valence-corrected chi connectivity index (χ1v) is 5.33. The van der Waals surface area contributed by atoms with Gasteiger partial charge in [-0.25, -0.2) is 18.4 Å². The Hall–Kier alpha value is -1.16. The minimum Gasteiger partial charge on any atom is -0.233 e. The van der Waals surface area contributed by atoms with Crippen molar-refractivity contribution < 1.29 is 13.2 Å². The topological polar surface area (TPSA) is 77.2 Å². The van der Waals surface area contributed by atoms with Crippen molar-refractivity contribution in [1.29, 1.82) is 0 Å². The second-order valence-corrected chi connectivity index (χ2v) is 4.41. The second kappa shape index (κ2) is 3.70. The molecule has 0 aromatic carbocycles.